The molecule has 256 valence electrons. The molecular formula is C29H48N4O12. The van der Waals surface area contributed by atoms with Crippen molar-refractivity contribution in [3.05, 3.63) is 0 Å². The molecule has 0 atom stereocenters. The van der Waals surface area contributed by atoms with E-state index in [2.05, 4.69) is 21.3 Å². The van der Waals surface area contributed by atoms with Crippen LogP contribution in [0.4, 0.5) is 9.59 Å². The predicted molar refractivity (Wildman–Crippen MR) is 159 cm³/mol. The zero-order chi connectivity index (χ0) is 34.1. The van der Waals surface area contributed by atoms with Gasteiger partial charge in [0.2, 0.25) is 11.8 Å². The number of ether oxygens (including phenoxy) is 4. The maximum Gasteiger partial charge on any atom is 0.407 e. The van der Waals surface area contributed by atoms with Gasteiger partial charge in [-0.3, -0.25) is 19.2 Å². The highest BCUT2D eigenvalue weighted by atomic mass is 16.6. The maximum atomic E-state index is 12.5. The van der Waals surface area contributed by atoms with Gasteiger partial charge in [-0.05, 0) is 39.5 Å². The average molecular weight is 645 g/mol. The van der Waals surface area contributed by atoms with E-state index >= 15 is 0 Å². The van der Waals surface area contributed by atoms with Crippen molar-refractivity contribution in [3.8, 4) is 0 Å². The first kappa shape index (κ1) is 40.8. The van der Waals surface area contributed by atoms with E-state index in [1.54, 1.807) is 0 Å². The van der Waals surface area contributed by atoms with Crippen LogP contribution in [0.15, 0.2) is 0 Å². The molecule has 0 aromatic carbocycles. The van der Waals surface area contributed by atoms with E-state index in [4.69, 9.17) is 18.9 Å². The number of carbonyl (C=O) groups is 8. The van der Waals surface area contributed by atoms with Crippen molar-refractivity contribution >= 4 is 47.5 Å². The van der Waals surface area contributed by atoms with E-state index in [0.717, 1.165) is 0 Å². The molecule has 4 amide bonds. The second kappa shape index (κ2) is 24.1. The highest BCUT2D eigenvalue weighted by Gasteiger charge is 2.38. The normalized spacial score (nSPS) is 10.6. The van der Waals surface area contributed by atoms with Crippen LogP contribution in [-0.4, -0.2) is 100 Å². The number of amides is 4. The summed E-state index contributed by atoms with van der Waals surface area (Å²) >= 11 is 0. The molecule has 0 saturated heterocycles. The molecule has 0 spiro atoms. The van der Waals surface area contributed by atoms with E-state index in [1.165, 1.54) is 27.7 Å². The first-order chi connectivity index (χ1) is 21.2. The number of hydrogen-bond acceptors (Lipinski definition) is 12. The highest BCUT2D eigenvalue weighted by Crippen LogP contribution is 2.22. The number of alkyl carbamates (subject to hydrolysis) is 2. The molecule has 16 heteroatoms. The third-order valence-corrected chi connectivity index (χ3v) is 5.91. The Morgan fingerprint density at radius 2 is 0.756 bits per heavy atom. The van der Waals surface area contributed by atoms with Crippen LogP contribution in [0.2, 0.25) is 0 Å². The predicted octanol–water partition coefficient (Wildman–Crippen LogP) is 1.08. The minimum atomic E-state index is -1.52. The summed E-state index contributed by atoms with van der Waals surface area (Å²) in [4.78, 5) is 94.1. The summed E-state index contributed by atoms with van der Waals surface area (Å²) in [6.07, 6.45) is 0.0104. The van der Waals surface area contributed by atoms with Crippen LogP contribution in [0.5, 0.6) is 0 Å². The van der Waals surface area contributed by atoms with E-state index in [1.807, 2.05) is 0 Å². The monoisotopic (exact) mass is 644 g/mol. The molecule has 0 aliphatic carbocycles. The van der Waals surface area contributed by atoms with E-state index < -0.39 is 56.0 Å². The van der Waals surface area contributed by atoms with Gasteiger partial charge in [-0.15, -0.1) is 0 Å². The maximum absolute atomic E-state index is 12.5. The Kier molecular flexibility index (Phi) is 21.9. The highest BCUT2D eigenvalue weighted by molar-refractivity contribution is 5.76. The van der Waals surface area contributed by atoms with Gasteiger partial charge >= 0.3 is 24.1 Å². The molecule has 16 nitrogen and oxygen atoms in total. The lowest BCUT2D eigenvalue weighted by Gasteiger charge is -2.31. The Labute approximate surface area is 263 Å². The Morgan fingerprint density at radius 1 is 0.444 bits per heavy atom. The smallest absolute Gasteiger partial charge is 0.407 e. The summed E-state index contributed by atoms with van der Waals surface area (Å²) in [7, 11) is 0. The number of Topliss-reactive ketones (excluding diaryl/α,β-unsaturated/α-hetero) is 2. The number of ketones is 2. The molecule has 45 heavy (non-hydrogen) atoms. The zero-order valence-corrected chi connectivity index (χ0v) is 26.7. The SMILES string of the molecule is CC(=O)CCCNC(=O)OCC(COC(=O)CCCNC(C)=O)(COC(=O)CCCNC(C)=O)COC(=O)NCCCC(C)=O. The number of rotatable bonds is 24. The summed E-state index contributed by atoms with van der Waals surface area (Å²) in [6.45, 7) is 4.37. The lowest BCUT2D eigenvalue weighted by Crippen LogP contribution is -2.45. The fourth-order valence-electron chi connectivity index (χ4n) is 3.45. The molecule has 0 aromatic heterocycles. The van der Waals surface area contributed by atoms with Gasteiger partial charge in [0.1, 0.15) is 43.4 Å². The van der Waals surface area contributed by atoms with Gasteiger partial charge in [0.15, 0.2) is 0 Å². The van der Waals surface area contributed by atoms with Crippen molar-refractivity contribution in [1.82, 2.24) is 21.3 Å². The fourth-order valence-corrected chi connectivity index (χ4v) is 3.45. The molecular weight excluding hydrogens is 596 g/mol. The van der Waals surface area contributed by atoms with Gasteiger partial charge in [0, 0.05) is 65.7 Å². The molecule has 0 unspecified atom stereocenters. The Balaban J connectivity index is 5.60. The quantitative estimate of drug-likeness (QED) is 0.0659. The molecule has 0 radical (unpaired) electrons. The minimum Gasteiger partial charge on any atom is -0.465 e. The van der Waals surface area contributed by atoms with Gasteiger partial charge in [-0.1, -0.05) is 0 Å². The van der Waals surface area contributed by atoms with Gasteiger partial charge in [0.05, 0.1) is 0 Å². The molecule has 0 rings (SSSR count). The van der Waals surface area contributed by atoms with Crippen LogP contribution < -0.4 is 21.3 Å². The molecule has 0 aromatic rings. The number of carbonyl (C=O) groups excluding carboxylic acids is 8. The first-order valence-electron chi connectivity index (χ1n) is 14.8. The topological polar surface area (TPSA) is 222 Å². The Bertz CT molecular complexity index is 844. The lowest BCUT2D eigenvalue weighted by molar-refractivity contribution is -0.159. The second-order valence-electron chi connectivity index (χ2n) is 10.6. The zero-order valence-electron chi connectivity index (χ0n) is 26.7. The summed E-state index contributed by atoms with van der Waals surface area (Å²) in [5.74, 6) is -1.91. The van der Waals surface area contributed by atoms with E-state index in [-0.39, 0.29) is 88.1 Å². The largest absolute Gasteiger partial charge is 0.465 e. The van der Waals surface area contributed by atoms with Crippen molar-refractivity contribution in [3.63, 3.8) is 0 Å². The molecule has 0 fully saturated rings. The minimum absolute atomic E-state index is 0.0429. The molecule has 0 aliphatic heterocycles. The van der Waals surface area contributed by atoms with Crippen molar-refractivity contribution in [2.75, 3.05) is 52.6 Å². The summed E-state index contributed by atoms with van der Waals surface area (Å²) in [5.41, 5.74) is -1.52. The Morgan fingerprint density at radius 3 is 1.09 bits per heavy atom. The number of esters is 2. The van der Waals surface area contributed by atoms with Gasteiger partial charge in [-0.2, -0.15) is 0 Å². The molecule has 0 saturated carbocycles. The van der Waals surface area contributed by atoms with Crippen LogP contribution in [0.3, 0.4) is 0 Å². The first-order valence-corrected chi connectivity index (χ1v) is 14.8. The third kappa shape index (κ3) is 24.9. The van der Waals surface area contributed by atoms with E-state index in [9.17, 15) is 38.4 Å². The van der Waals surface area contributed by atoms with Crippen molar-refractivity contribution < 1.29 is 57.3 Å². The number of nitrogens with one attached hydrogen (secondary N) is 4. The van der Waals surface area contributed by atoms with Gasteiger partial charge in [0.25, 0.3) is 0 Å². The van der Waals surface area contributed by atoms with Crippen LogP contribution in [0.25, 0.3) is 0 Å². The second-order valence-corrected chi connectivity index (χ2v) is 10.6. The van der Waals surface area contributed by atoms with Crippen molar-refractivity contribution in [1.29, 1.82) is 0 Å². The van der Waals surface area contributed by atoms with Gasteiger partial charge in [-0.25, -0.2) is 9.59 Å². The molecule has 0 aliphatic rings. The lowest BCUT2D eigenvalue weighted by atomic mass is 9.92. The third-order valence-electron chi connectivity index (χ3n) is 5.91. The summed E-state index contributed by atoms with van der Waals surface area (Å²) < 4.78 is 21.4. The fraction of sp³-hybridized carbons (Fsp3) is 0.724. The van der Waals surface area contributed by atoms with Crippen LogP contribution in [0, 0.1) is 5.41 Å². The molecule has 4 N–H and O–H groups in total. The van der Waals surface area contributed by atoms with Crippen LogP contribution in [0.1, 0.15) is 79.1 Å². The summed E-state index contributed by atoms with van der Waals surface area (Å²) in [6, 6.07) is 0. The van der Waals surface area contributed by atoms with E-state index in [0.29, 0.717) is 12.8 Å². The Hall–Kier alpha value is -4.24. The molecule has 0 heterocycles. The van der Waals surface area contributed by atoms with Crippen LogP contribution in [-0.2, 0) is 47.7 Å². The van der Waals surface area contributed by atoms with Crippen LogP contribution >= 0.6 is 0 Å². The number of hydrogen-bond donors (Lipinski definition) is 4. The standard InChI is InChI=1S/C29H48N4O12/c1-21(34)9-5-15-32-27(40)44-19-29(17-42-25(38)11-7-13-30-23(3)36,18-43-26(39)12-8-14-31-24(4)37)20-45-28(41)33-16-6-10-22(2)35/h5-20H2,1-4H3,(H,30,36)(H,31,37)(H,32,40)(H,33,41). The summed E-state index contributed by atoms with van der Waals surface area (Å²) in [5, 5.41) is 10.1. The average Bonchev–Trinajstić information content (AvgIpc) is 2.96. The van der Waals surface area contributed by atoms with Gasteiger partial charge < -0.3 is 49.8 Å². The van der Waals surface area contributed by atoms with Crippen molar-refractivity contribution in [2.45, 2.75) is 79.1 Å². The van der Waals surface area contributed by atoms with Crippen molar-refractivity contribution in [2.24, 2.45) is 5.41 Å². The molecule has 0 bridgehead atoms.